The Balaban J connectivity index is 1.40. The van der Waals surface area contributed by atoms with E-state index in [1.807, 2.05) is 36.4 Å². The SMILES string of the molecule is CC1(C)O[C@@H]2O[C@@H](C(=O)Oc3ccc4ccccc4c3)[C@H]3OC(C)(C)O[C@@H]3[C@H]2O1. The molecule has 3 heterocycles. The van der Waals surface area contributed by atoms with Gasteiger partial charge in [-0.1, -0.05) is 30.3 Å². The molecule has 3 aliphatic heterocycles. The van der Waals surface area contributed by atoms with Crippen molar-refractivity contribution in [1.29, 1.82) is 0 Å². The Morgan fingerprint density at radius 3 is 2.28 bits per heavy atom. The summed E-state index contributed by atoms with van der Waals surface area (Å²) in [4.78, 5) is 13.0. The monoisotopic (exact) mass is 400 g/mol. The average molecular weight is 400 g/mol. The average Bonchev–Trinajstić information content (AvgIpc) is 3.14. The zero-order valence-corrected chi connectivity index (χ0v) is 16.8. The summed E-state index contributed by atoms with van der Waals surface area (Å²) in [6, 6.07) is 13.4. The Morgan fingerprint density at radius 2 is 1.48 bits per heavy atom. The van der Waals surface area contributed by atoms with E-state index in [1.165, 1.54) is 0 Å². The van der Waals surface area contributed by atoms with E-state index in [9.17, 15) is 4.79 Å². The van der Waals surface area contributed by atoms with Gasteiger partial charge in [0.1, 0.15) is 24.1 Å². The first kappa shape index (κ1) is 19.0. The molecule has 0 bridgehead atoms. The molecule has 2 aromatic carbocycles. The fourth-order valence-electron chi connectivity index (χ4n) is 4.21. The number of fused-ring (bicyclic) bond motifs is 4. The largest absolute Gasteiger partial charge is 0.425 e. The second kappa shape index (κ2) is 6.48. The molecule has 7 nitrogen and oxygen atoms in total. The van der Waals surface area contributed by atoms with Crippen LogP contribution in [0.15, 0.2) is 42.5 Å². The van der Waals surface area contributed by atoms with Crippen LogP contribution in [-0.4, -0.2) is 48.2 Å². The fourth-order valence-corrected chi connectivity index (χ4v) is 4.21. The van der Waals surface area contributed by atoms with Crippen LogP contribution in [0.1, 0.15) is 27.7 Å². The van der Waals surface area contributed by atoms with Gasteiger partial charge in [-0.25, -0.2) is 4.79 Å². The van der Waals surface area contributed by atoms with Crippen molar-refractivity contribution >= 4 is 16.7 Å². The molecule has 0 unspecified atom stereocenters. The maximum Gasteiger partial charge on any atom is 0.343 e. The number of benzene rings is 2. The Labute approximate surface area is 168 Å². The van der Waals surface area contributed by atoms with Crippen molar-refractivity contribution in [2.24, 2.45) is 0 Å². The van der Waals surface area contributed by atoms with E-state index in [0.717, 1.165) is 10.8 Å². The third-order valence-corrected chi connectivity index (χ3v) is 5.33. The van der Waals surface area contributed by atoms with E-state index in [4.69, 9.17) is 28.4 Å². The molecule has 0 radical (unpaired) electrons. The van der Waals surface area contributed by atoms with E-state index in [-0.39, 0.29) is 0 Å². The summed E-state index contributed by atoms with van der Waals surface area (Å²) in [6.07, 6.45) is -3.37. The van der Waals surface area contributed by atoms with Crippen LogP contribution in [-0.2, 0) is 28.5 Å². The molecule has 0 spiro atoms. The normalized spacial score (nSPS) is 34.6. The van der Waals surface area contributed by atoms with Gasteiger partial charge in [-0.3, -0.25) is 0 Å². The summed E-state index contributed by atoms with van der Waals surface area (Å²) in [5.41, 5.74) is 0. The lowest BCUT2D eigenvalue weighted by atomic mass is 9.99. The molecule has 5 rings (SSSR count). The van der Waals surface area contributed by atoms with E-state index >= 15 is 0 Å². The minimum absolute atomic E-state index is 0.443. The van der Waals surface area contributed by atoms with Crippen molar-refractivity contribution in [2.45, 2.75) is 70.0 Å². The van der Waals surface area contributed by atoms with Gasteiger partial charge in [-0.05, 0) is 50.6 Å². The maximum atomic E-state index is 13.0. The zero-order chi connectivity index (χ0) is 20.4. The van der Waals surface area contributed by atoms with Crippen LogP contribution < -0.4 is 4.74 Å². The van der Waals surface area contributed by atoms with Crippen molar-refractivity contribution in [3.05, 3.63) is 42.5 Å². The number of ether oxygens (including phenoxy) is 6. The lowest BCUT2D eigenvalue weighted by Gasteiger charge is -2.35. The predicted octanol–water partition coefficient (Wildman–Crippen LogP) is 3.14. The lowest BCUT2D eigenvalue weighted by Crippen LogP contribution is -2.58. The summed E-state index contributed by atoms with van der Waals surface area (Å²) in [6.45, 7) is 7.19. The van der Waals surface area contributed by atoms with Crippen molar-refractivity contribution in [2.75, 3.05) is 0 Å². The summed E-state index contributed by atoms with van der Waals surface area (Å²) >= 11 is 0. The van der Waals surface area contributed by atoms with Gasteiger partial charge in [0.2, 0.25) is 0 Å². The molecule has 3 aliphatic rings. The highest BCUT2D eigenvalue weighted by atomic mass is 16.9. The molecule has 7 heteroatoms. The third-order valence-electron chi connectivity index (χ3n) is 5.33. The van der Waals surface area contributed by atoms with Crippen LogP contribution >= 0.6 is 0 Å². The van der Waals surface area contributed by atoms with Crippen LogP contribution in [0.4, 0.5) is 0 Å². The first-order valence-electron chi connectivity index (χ1n) is 9.78. The molecule has 2 aromatic rings. The Hall–Kier alpha value is -2.03. The van der Waals surface area contributed by atoms with Crippen molar-refractivity contribution < 1.29 is 33.2 Å². The van der Waals surface area contributed by atoms with Gasteiger partial charge in [0.15, 0.2) is 24.0 Å². The predicted molar refractivity (Wildman–Crippen MR) is 102 cm³/mol. The molecule has 0 aromatic heterocycles. The van der Waals surface area contributed by atoms with Crippen molar-refractivity contribution in [1.82, 2.24) is 0 Å². The topological polar surface area (TPSA) is 72.5 Å². The Kier molecular flexibility index (Phi) is 4.24. The summed E-state index contributed by atoms with van der Waals surface area (Å²) in [5.74, 6) is -1.82. The molecule has 5 atom stereocenters. The summed E-state index contributed by atoms with van der Waals surface area (Å²) in [7, 11) is 0. The standard InChI is InChI=1S/C22H24O7/c1-21(2)26-15-16(27-21)18-20(29-22(3,4)28-18)25-17(15)19(23)24-14-10-9-12-7-5-6-8-13(12)11-14/h5-11,15-18,20H,1-4H3/t15-,16-,17+,18+,20-/m0/s1. The molecule has 29 heavy (non-hydrogen) atoms. The minimum Gasteiger partial charge on any atom is -0.425 e. The van der Waals surface area contributed by atoms with Gasteiger partial charge >= 0.3 is 5.97 Å². The third kappa shape index (κ3) is 3.43. The molecule has 0 amide bonds. The van der Waals surface area contributed by atoms with Gasteiger partial charge < -0.3 is 28.4 Å². The van der Waals surface area contributed by atoms with Crippen molar-refractivity contribution in [3.8, 4) is 5.75 Å². The number of esters is 1. The minimum atomic E-state index is -0.994. The van der Waals surface area contributed by atoms with Gasteiger partial charge in [0.05, 0.1) is 0 Å². The smallest absolute Gasteiger partial charge is 0.343 e. The second-order valence-electron chi connectivity index (χ2n) is 8.52. The molecular weight excluding hydrogens is 376 g/mol. The van der Waals surface area contributed by atoms with E-state index in [1.54, 1.807) is 33.8 Å². The molecule has 3 fully saturated rings. The first-order chi connectivity index (χ1) is 13.7. The van der Waals surface area contributed by atoms with Crippen LogP contribution in [0.5, 0.6) is 5.75 Å². The number of carbonyl (C=O) groups excluding carboxylic acids is 1. The molecule has 154 valence electrons. The zero-order valence-electron chi connectivity index (χ0n) is 16.8. The molecule has 0 N–H and O–H groups in total. The first-order valence-corrected chi connectivity index (χ1v) is 9.78. The lowest BCUT2D eigenvalue weighted by molar-refractivity contribution is -0.236. The van der Waals surface area contributed by atoms with Gasteiger partial charge in [-0.2, -0.15) is 0 Å². The number of carbonyl (C=O) groups is 1. The molecule has 0 aliphatic carbocycles. The second-order valence-corrected chi connectivity index (χ2v) is 8.52. The van der Waals surface area contributed by atoms with Gasteiger partial charge in [0, 0.05) is 0 Å². The molecular formula is C22H24O7. The fraction of sp³-hybridized carbons (Fsp3) is 0.500. The Bertz CT molecular complexity index is 953. The van der Waals surface area contributed by atoms with Gasteiger partial charge in [-0.15, -0.1) is 0 Å². The highest BCUT2D eigenvalue weighted by molar-refractivity contribution is 5.85. The van der Waals surface area contributed by atoms with Gasteiger partial charge in [0.25, 0.3) is 0 Å². The summed E-state index contributed by atoms with van der Waals surface area (Å²) < 4.78 is 35.4. The maximum absolute atomic E-state index is 13.0. The summed E-state index contributed by atoms with van der Waals surface area (Å²) in [5, 5.41) is 2.05. The van der Waals surface area contributed by atoms with Crippen LogP contribution in [0.25, 0.3) is 10.8 Å². The number of hydrogen-bond donors (Lipinski definition) is 0. The number of hydrogen-bond acceptors (Lipinski definition) is 7. The van der Waals surface area contributed by atoms with Crippen LogP contribution in [0.2, 0.25) is 0 Å². The van der Waals surface area contributed by atoms with E-state index < -0.39 is 48.2 Å². The Morgan fingerprint density at radius 1 is 0.828 bits per heavy atom. The van der Waals surface area contributed by atoms with Crippen LogP contribution in [0, 0.1) is 0 Å². The molecule has 0 saturated carbocycles. The quantitative estimate of drug-likeness (QED) is 0.566. The van der Waals surface area contributed by atoms with Crippen molar-refractivity contribution in [3.63, 3.8) is 0 Å². The molecule has 3 saturated heterocycles. The number of rotatable bonds is 2. The van der Waals surface area contributed by atoms with E-state index in [2.05, 4.69) is 0 Å². The van der Waals surface area contributed by atoms with E-state index in [0.29, 0.717) is 5.75 Å². The van der Waals surface area contributed by atoms with Crippen LogP contribution in [0.3, 0.4) is 0 Å². The highest BCUT2D eigenvalue weighted by Crippen LogP contribution is 2.44. The highest BCUT2D eigenvalue weighted by Gasteiger charge is 2.62.